The van der Waals surface area contributed by atoms with Crippen LogP contribution < -0.4 is 0 Å². The summed E-state index contributed by atoms with van der Waals surface area (Å²) in [4.78, 5) is 1.82. The fraction of sp³-hybridized carbons (Fsp3) is 1.00. The molecule has 7 aliphatic rings. The van der Waals surface area contributed by atoms with E-state index >= 15 is 0 Å². The van der Waals surface area contributed by atoms with Crippen LogP contribution in [0.3, 0.4) is 0 Å². The molecular weight excluding hydrogens is 1080 g/mol. The fourth-order valence-electron chi connectivity index (χ4n) is 10.4. The van der Waals surface area contributed by atoms with Crippen molar-refractivity contribution < 1.29 is 159 Å². The fourth-order valence-corrected chi connectivity index (χ4v) is 10.4. The number of rotatable bonds is 22. The molecule has 7 aliphatic heterocycles. The minimum absolute atomic E-state index is 0.0199. The van der Waals surface area contributed by atoms with Crippen molar-refractivity contribution in [3.63, 3.8) is 0 Å². The molecule has 79 heavy (non-hydrogen) atoms. The summed E-state index contributed by atoms with van der Waals surface area (Å²) in [6.07, 6.45) is -49.0. The van der Waals surface area contributed by atoms with E-state index in [9.17, 15) is 97.0 Å². The molecule has 33 nitrogen and oxygen atoms in total. The number of hydrogen-bond donors (Lipinski definition) is 19. The predicted octanol–water partition coefficient (Wildman–Crippen LogP) is -12.5. The molecule has 0 bridgehead atoms. The van der Waals surface area contributed by atoms with Crippen LogP contribution in [0.1, 0.15) is 20.3 Å². The summed E-state index contributed by atoms with van der Waals surface area (Å²) in [6.45, 7) is -0.787. The van der Waals surface area contributed by atoms with Crippen LogP contribution in [0.15, 0.2) is 0 Å². The summed E-state index contributed by atoms with van der Waals surface area (Å²) in [5, 5.41) is 200. The SMILES string of the molecule is CC1OC(COC2OC(COCCCN3CC(CO)OC(OC4C(O)C(CO)OC(OCC5OC(C)C(O)C(OC6OC(CO)C(O)C(O)C6O)C5O)C4O)C3)C(O)C(O)C2O)C(O)C(OC2OC(CO)C(O)C(O)C2O)C1O. The highest BCUT2D eigenvalue weighted by molar-refractivity contribution is 4.98. The second kappa shape index (κ2) is 29.2. The number of ether oxygens (including phenoxy) is 13. The van der Waals surface area contributed by atoms with Gasteiger partial charge in [-0.25, -0.2) is 0 Å². The third-order valence-corrected chi connectivity index (χ3v) is 15.2. The molecule has 462 valence electrons. The zero-order valence-corrected chi connectivity index (χ0v) is 43.2. The molecule has 0 aromatic rings. The topological polar surface area (TPSA) is 508 Å². The van der Waals surface area contributed by atoms with Crippen LogP contribution in [0.4, 0.5) is 0 Å². The van der Waals surface area contributed by atoms with Crippen LogP contribution in [-0.2, 0) is 61.6 Å². The van der Waals surface area contributed by atoms with E-state index in [2.05, 4.69) is 0 Å². The Morgan fingerprint density at radius 1 is 0.367 bits per heavy atom. The van der Waals surface area contributed by atoms with Crippen molar-refractivity contribution in [1.82, 2.24) is 4.90 Å². The molecule has 0 aliphatic carbocycles. The first-order valence-corrected chi connectivity index (χ1v) is 26.3. The van der Waals surface area contributed by atoms with E-state index in [-0.39, 0.29) is 26.3 Å². The molecule has 0 radical (unpaired) electrons. The van der Waals surface area contributed by atoms with Crippen LogP contribution in [-0.4, -0.2) is 371 Å². The summed E-state index contributed by atoms with van der Waals surface area (Å²) < 4.78 is 74.1. The van der Waals surface area contributed by atoms with Crippen molar-refractivity contribution in [2.45, 2.75) is 217 Å². The molecule has 7 rings (SSSR count). The molecule has 32 unspecified atom stereocenters. The van der Waals surface area contributed by atoms with Crippen molar-refractivity contribution >= 4 is 0 Å². The summed E-state index contributed by atoms with van der Waals surface area (Å²) in [5.41, 5.74) is 0. The summed E-state index contributed by atoms with van der Waals surface area (Å²) in [6, 6.07) is 0. The first-order valence-electron chi connectivity index (χ1n) is 26.3. The standard InChI is InChI=1S/C46H81NO32/c1-15-25(52)40(78-45-37(64)33(60)27(54)18(9-49)74-45)31(58)22(70-15)13-68-43-36(63)35(62)29(56)21(76-43)12-67-5-3-4-47-6-17(8-48)72-24(7-47)77-42-30(57)20(11-51)73-44(39(42)66)69-14-23-32(59)41(26(53)16(2)71-23)79-46-38(65)34(61)28(55)19(10-50)75-46/h15-46,48-66H,3-14H2,1-2H3. The first kappa shape index (κ1) is 65.2. The van der Waals surface area contributed by atoms with Crippen molar-refractivity contribution in [2.24, 2.45) is 0 Å². The van der Waals surface area contributed by atoms with Gasteiger partial charge >= 0.3 is 0 Å². The van der Waals surface area contributed by atoms with E-state index in [0.29, 0.717) is 13.0 Å². The van der Waals surface area contributed by atoms with Crippen LogP contribution in [0.5, 0.6) is 0 Å². The number of aliphatic hydroxyl groups is 19. The Morgan fingerprint density at radius 2 is 0.759 bits per heavy atom. The lowest BCUT2D eigenvalue weighted by molar-refractivity contribution is -0.352. The lowest BCUT2D eigenvalue weighted by Gasteiger charge is -2.47. The van der Waals surface area contributed by atoms with E-state index in [1.54, 1.807) is 0 Å². The highest BCUT2D eigenvalue weighted by atomic mass is 16.8. The van der Waals surface area contributed by atoms with E-state index in [1.807, 2.05) is 4.90 Å². The number of morpholine rings is 1. The Bertz CT molecular complexity index is 1800. The second-order valence-electron chi connectivity index (χ2n) is 20.9. The van der Waals surface area contributed by atoms with Crippen LogP contribution in [0.2, 0.25) is 0 Å². The third kappa shape index (κ3) is 15.0. The van der Waals surface area contributed by atoms with Crippen molar-refractivity contribution in [3.05, 3.63) is 0 Å². The number of aliphatic hydroxyl groups excluding tert-OH is 19. The van der Waals surface area contributed by atoms with Crippen molar-refractivity contribution in [1.29, 1.82) is 0 Å². The van der Waals surface area contributed by atoms with Crippen LogP contribution in [0.25, 0.3) is 0 Å². The van der Waals surface area contributed by atoms with Crippen LogP contribution >= 0.6 is 0 Å². The minimum Gasteiger partial charge on any atom is -0.394 e. The maximum atomic E-state index is 11.4. The summed E-state index contributed by atoms with van der Waals surface area (Å²) in [7, 11) is 0. The number of nitrogens with zero attached hydrogens (tertiary/aromatic N) is 1. The minimum atomic E-state index is -1.86. The highest BCUT2D eigenvalue weighted by Crippen LogP contribution is 2.34. The van der Waals surface area contributed by atoms with Gasteiger partial charge in [-0.1, -0.05) is 0 Å². The average Bonchev–Trinajstić information content (AvgIpc) is 3.45. The lowest BCUT2D eigenvalue weighted by Crippen LogP contribution is -2.65. The van der Waals surface area contributed by atoms with Gasteiger partial charge in [-0.15, -0.1) is 0 Å². The molecule has 0 amide bonds. The van der Waals surface area contributed by atoms with Gasteiger partial charge < -0.3 is 159 Å². The van der Waals surface area contributed by atoms with Crippen molar-refractivity contribution in [2.75, 3.05) is 72.5 Å². The third-order valence-electron chi connectivity index (χ3n) is 15.2. The normalized spacial score (nSPS) is 50.4. The maximum Gasteiger partial charge on any atom is 0.187 e. The molecule has 7 heterocycles. The smallest absolute Gasteiger partial charge is 0.187 e. The van der Waals surface area contributed by atoms with Gasteiger partial charge in [-0.05, 0) is 20.3 Å². The molecule has 19 N–H and O–H groups in total. The Hall–Kier alpha value is -1.32. The van der Waals surface area contributed by atoms with Gasteiger partial charge in [-0.2, -0.15) is 0 Å². The maximum absolute atomic E-state index is 11.4. The van der Waals surface area contributed by atoms with E-state index < -0.39 is 236 Å². The zero-order chi connectivity index (χ0) is 57.7. The molecule has 0 aromatic heterocycles. The Balaban J connectivity index is 0.875. The van der Waals surface area contributed by atoms with Gasteiger partial charge in [-0.3, -0.25) is 4.90 Å². The first-order chi connectivity index (χ1) is 37.5. The Labute approximate surface area is 451 Å². The van der Waals surface area contributed by atoms with Crippen LogP contribution in [0, 0.1) is 0 Å². The monoisotopic (exact) mass is 1160 g/mol. The van der Waals surface area contributed by atoms with E-state index in [0.717, 1.165) is 0 Å². The van der Waals surface area contributed by atoms with Gasteiger partial charge in [0.15, 0.2) is 31.5 Å². The molecule has 0 spiro atoms. The van der Waals surface area contributed by atoms with Gasteiger partial charge in [0, 0.05) is 26.2 Å². The second-order valence-corrected chi connectivity index (χ2v) is 20.9. The summed E-state index contributed by atoms with van der Waals surface area (Å²) in [5.74, 6) is 0. The largest absolute Gasteiger partial charge is 0.394 e. The number of hydrogen-bond acceptors (Lipinski definition) is 33. The van der Waals surface area contributed by atoms with Gasteiger partial charge in [0.2, 0.25) is 0 Å². The predicted molar refractivity (Wildman–Crippen MR) is 249 cm³/mol. The molecule has 7 fully saturated rings. The van der Waals surface area contributed by atoms with Crippen molar-refractivity contribution in [3.8, 4) is 0 Å². The Morgan fingerprint density at radius 3 is 1.24 bits per heavy atom. The van der Waals surface area contributed by atoms with E-state index in [4.69, 9.17) is 61.6 Å². The van der Waals surface area contributed by atoms with E-state index in [1.165, 1.54) is 13.8 Å². The average molecular weight is 1160 g/mol. The molecular formula is C46H81NO32. The molecule has 7 saturated heterocycles. The zero-order valence-electron chi connectivity index (χ0n) is 43.2. The van der Waals surface area contributed by atoms with Gasteiger partial charge in [0.1, 0.15) is 146 Å². The van der Waals surface area contributed by atoms with Gasteiger partial charge in [0.05, 0.1) is 64.6 Å². The quantitative estimate of drug-likeness (QED) is 0.0448. The van der Waals surface area contributed by atoms with Gasteiger partial charge in [0.25, 0.3) is 0 Å². The lowest BCUT2D eigenvalue weighted by atomic mass is 9.94. The molecule has 0 saturated carbocycles. The Kier molecular flexibility index (Phi) is 24.1. The molecule has 33 heteroatoms. The molecule has 0 aromatic carbocycles. The molecule has 32 atom stereocenters. The highest BCUT2D eigenvalue weighted by Gasteiger charge is 2.54. The summed E-state index contributed by atoms with van der Waals surface area (Å²) >= 11 is 0.